The Kier molecular flexibility index (Phi) is 8.79. The molecular formula is C7H14I2. The molecule has 0 amide bonds. The molecule has 0 unspecified atom stereocenters. The highest BCUT2D eigenvalue weighted by Gasteiger charge is 2.05. The maximum atomic E-state index is 2.36. The van der Waals surface area contributed by atoms with Crippen molar-refractivity contribution in [2.24, 2.45) is 5.92 Å². The Morgan fingerprint density at radius 1 is 1.00 bits per heavy atom. The predicted octanol–water partition coefficient (Wildman–Crippen LogP) is 4.36. The van der Waals surface area contributed by atoms with Gasteiger partial charge in [0.05, 0.1) is 0 Å². The molecule has 1 rings (SSSR count). The highest BCUT2D eigenvalue weighted by molar-refractivity contribution is 15.0. The molecule has 2 heteroatoms. The van der Waals surface area contributed by atoms with Crippen molar-refractivity contribution in [2.75, 3.05) is 0 Å². The van der Waals surface area contributed by atoms with Crippen molar-refractivity contribution in [1.82, 2.24) is 0 Å². The second-order valence-electron chi connectivity index (χ2n) is 2.74. The fourth-order valence-corrected chi connectivity index (χ4v) is 1.31. The van der Waals surface area contributed by atoms with Crippen LogP contribution in [0.15, 0.2) is 0 Å². The lowest BCUT2D eigenvalue weighted by Crippen LogP contribution is -1.99. The second kappa shape index (κ2) is 7.57. The van der Waals surface area contributed by atoms with Gasteiger partial charge in [0, 0.05) is 37.2 Å². The van der Waals surface area contributed by atoms with Crippen LogP contribution in [-0.2, 0) is 0 Å². The molecule has 0 bridgehead atoms. The minimum Gasteiger partial charge on any atom is -0.0625 e. The van der Waals surface area contributed by atoms with Crippen LogP contribution in [0.5, 0.6) is 0 Å². The third kappa shape index (κ3) is 5.88. The Labute approximate surface area is 81.5 Å². The molecule has 0 spiro atoms. The number of hydrogen-bond donors (Lipinski definition) is 0. The maximum absolute atomic E-state index is 2.36. The van der Waals surface area contributed by atoms with Gasteiger partial charge >= 0.3 is 0 Å². The van der Waals surface area contributed by atoms with Crippen LogP contribution in [0.2, 0.25) is 0 Å². The van der Waals surface area contributed by atoms with E-state index < -0.39 is 0 Å². The minimum absolute atomic E-state index is 1.04. The summed E-state index contributed by atoms with van der Waals surface area (Å²) < 4.78 is 0. The number of halogens is 2. The zero-order valence-corrected chi connectivity index (χ0v) is 10.2. The SMILES string of the molecule is CC1CCCCC1.II. The molecule has 56 valence electrons. The van der Waals surface area contributed by atoms with Gasteiger partial charge in [0.25, 0.3) is 0 Å². The first-order valence-electron chi connectivity index (χ1n) is 3.54. The van der Waals surface area contributed by atoms with Crippen LogP contribution in [-0.4, -0.2) is 0 Å². The third-order valence-electron chi connectivity index (χ3n) is 1.89. The molecule has 9 heavy (non-hydrogen) atoms. The smallest absolute Gasteiger partial charge is 0 e. The van der Waals surface area contributed by atoms with Crippen molar-refractivity contribution in [3.63, 3.8) is 0 Å². The van der Waals surface area contributed by atoms with E-state index in [1.807, 2.05) is 0 Å². The van der Waals surface area contributed by atoms with E-state index in [0.717, 1.165) is 5.92 Å². The first-order valence-corrected chi connectivity index (χ1v) is 9.82. The molecule has 1 aliphatic carbocycles. The van der Waals surface area contributed by atoms with Crippen LogP contribution in [0.3, 0.4) is 0 Å². The molecule has 0 N–H and O–H groups in total. The molecule has 0 saturated heterocycles. The summed E-state index contributed by atoms with van der Waals surface area (Å²) in [5.41, 5.74) is 0. The average molecular weight is 352 g/mol. The van der Waals surface area contributed by atoms with E-state index in [9.17, 15) is 0 Å². The van der Waals surface area contributed by atoms with Crippen molar-refractivity contribution in [3.8, 4) is 0 Å². The van der Waals surface area contributed by atoms with Gasteiger partial charge in [0.1, 0.15) is 0 Å². The number of hydrogen-bond acceptors (Lipinski definition) is 0. The molecule has 1 aliphatic rings. The van der Waals surface area contributed by atoms with Gasteiger partial charge in [-0.15, -0.1) is 0 Å². The quantitative estimate of drug-likeness (QED) is 0.569. The van der Waals surface area contributed by atoms with Crippen LogP contribution in [0, 0.1) is 5.92 Å². The van der Waals surface area contributed by atoms with Gasteiger partial charge in [-0.3, -0.25) is 0 Å². The van der Waals surface area contributed by atoms with E-state index in [0.29, 0.717) is 0 Å². The summed E-state index contributed by atoms with van der Waals surface area (Å²) in [5.74, 6) is 1.04. The van der Waals surface area contributed by atoms with Crippen molar-refractivity contribution in [3.05, 3.63) is 0 Å². The molecule has 0 aromatic carbocycles. The zero-order chi connectivity index (χ0) is 7.11. The Bertz CT molecular complexity index is 48.9. The van der Waals surface area contributed by atoms with Gasteiger partial charge in [-0.05, 0) is 5.92 Å². The van der Waals surface area contributed by atoms with Crippen LogP contribution in [0.4, 0.5) is 0 Å². The lowest BCUT2D eigenvalue weighted by Gasteiger charge is -2.15. The summed E-state index contributed by atoms with van der Waals surface area (Å²) in [6.07, 6.45) is 7.44. The molecule has 0 radical (unpaired) electrons. The fourth-order valence-electron chi connectivity index (χ4n) is 1.31. The average Bonchev–Trinajstić information content (AvgIpc) is 1.94. The monoisotopic (exact) mass is 352 g/mol. The first-order chi connectivity index (χ1) is 4.39. The summed E-state index contributed by atoms with van der Waals surface area (Å²) in [5, 5.41) is 0. The molecule has 0 nitrogen and oxygen atoms in total. The highest BCUT2D eigenvalue weighted by Crippen LogP contribution is 2.21. The summed E-state index contributed by atoms with van der Waals surface area (Å²) >= 11 is 4.24. The van der Waals surface area contributed by atoms with Gasteiger partial charge in [0.2, 0.25) is 0 Å². The second-order valence-corrected chi connectivity index (χ2v) is 2.74. The summed E-state index contributed by atoms with van der Waals surface area (Å²) in [4.78, 5) is 0. The van der Waals surface area contributed by atoms with Crippen LogP contribution >= 0.6 is 37.2 Å². The van der Waals surface area contributed by atoms with Crippen LogP contribution < -0.4 is 0 Å². The summed E-state index contributed by atoms with van der Waals surface area (Å²) in [6, 6.07) is 0. The third-order valence-corrected chi connectivity index (χ3v) is 1.89. The Morgan fingerprint density at radius 3 is 1.67 bits per heavy atom. The fraction of sp³-hybridized carbons (Fsp3) is 1.00. The largest absolute Gasteiger partial charge is 0.0625 e. The van der Waals surface area contributed by atoms with E-state index in [1.165, 1.54) is 32.1 Å². The lowest BCUT2D eigenvalue weighted by atomic mass is 9.91. The maximum Gasteiger partial charge on any atom is 0 e. The standard InChI is InChI=1S/C7H14.I2/c1-7-5-3-2-4-6-7;1-2/h7H,2-6H2,1H3;. The Balaban J connectivity index is 0.000000291. The van der Waals surface area contributed by atoms with Gasteiger partial charge in [-0.1, -0.05) is 39.0 Å². The van der Waals surface area contributed by atoms with Crippen molar-refractivity contribution < 1.29 is 0 Å². The predicted molar refractivity (Wildman–Crippen MR) is 60.3 cm³/mol. The van der Waals surface area contributed by atoms with Crippen LogP contribution in [0.1, 0.15) is 39.0 Å². The summed E-state index contributed by atoms with van der Waals surface area (Å²) in [7, 11) is 0. The van der Waals surface area contributed by atoms with E-state index in [4.69, 9.17) is 0 Å². The zero-order valence-electron chi connectivity index (χ0n) is 5.87. The Hall–Kier alpha value is 1.46. The lowest BCUT2D eigenvalue weighted by molar-refractivity contribution is 0.385. The molecular weight excluding hydrogens is 338 g/mol. The topological polar surface area (TPSA) is 0 Å². The van der Waals surface area contributed by atoms with E-state index in [-0.39, 0.29) is 0 Å². The molecule has 1 saturated carbocycles. The van der Waals surface area contributed by atoms with E-state index in [2.05, 4.69) is 44.2 Å². The molecule has 0 aromatic rings. The van der Waals surface area contributed by atoms with Crippen molar-refractivity contribution in [2.45, 2.75) is 39.0 Å². The highest BCUT2D eigenvalue weighted by atomic mass is 128. The normalized spacial score (nSPS) is 20.3. The minimum atomic E-state index is 1.04. The molecule has 1 fully saturated rings. The molecule has 0 atom stereocenters. The first kappa shape index (κ1) is 10.5. The molecule has 0 aliphatic heterocycles. The summed E-state index contributed by atoms with van der Waals surface area (Å²) in [6.45, 7) is 2.36. The molecule has 0 heterocycles. The van der Waals surface area contributed by atoms with Gasteiger partial charge < -0.3 is 0 Å². The van der Waals surface area contributed by atoms with E-state index >= 15 is 0 Å². The Morgan fingerprint density at radius 2 is 1.44 bits per heavy atom. The van der Waals surface area contributed by atoms with E-state index in [1.54, 1.807) is 0 Å². The number of rotatable bonds is 0. The van der Waals surface area contributed by atoms with Crippen molar-refractivity contribution >= 4 is 37.2 Å². The van der Waals surface area contributed by atoms with Gasteiger partial charge in [-0.25, -0.2) is 0 Å². The van der Waals surface area contributed by atoms with Crippen LogP contribution in [0.25, 0.3) is 0 Å². The van der Waals surface area contributed by atoms with Crippen molar-refractivity contribution in [1.29, 1.82) is 0 Å². The van der Waals surface area contributed by atoms with Gasteiger partial charge in [-0.2, -0.15) is 0 Å². The molecule has 0 aromatic heterocycles. The van der Waals surface area contributed by atoms with Gasteiger partial charge in [0.15, 0.2) is 0 Å².